The molecule has 0 aromatic heterocycles. The van der Waals surface area contributed by atoms with E-state index in [9.17, 15) is 9.59 Å². The monoisotopic (exact) mass is 172 g/mol. The minimum atomic E-state index is -1.89. The minimum Gasteiger partial charge on any atom is -0.479 e. The van der Waals surface area contributed by atoms with Crippen molar-refractivity contribution < 1.29 is 14.7 Å². The topological polar surface area (TPSA) is 92.4 Å². The number of carbonyl (C=O) groups is 2. The summed E-state index contributed by atoms with van der Waals surface area (Å²) in [7, 11) is 1.33. The number of rotatable bonds is 4. The summed E-state index contributed by atoms with van der Waals surface area (Å²) >= 11 is 0. The lowest BCUT2D eigenvalue weighted by Crippen LogP contribution is -2.58. The van der Waals surface area contributed by atoms with Crippen molar-refractivity contribution in [2.45, 2.75) is 12.0 Å². The fourth-order valence-corrected chi connectivity index (χ4v) is 0.728. The molecular weight excluding hydrogens is 160 g/mol. The molecule has 1 unspecified atom stereocenters. The molecule has 0 aromatic carbocycles. The summed E-state index contributed by atoms with van der Waals surface area (Å²) in [5.74, 6) is -2.09. The third-order valence-electron chi connectivity index (χ3n) is 1.48. The summed E-state index contributed by atoms with van der Waals surface area (Å²) in [6.45, 7) is 3.32. The van der Waals surface area contributed by atoms with Gasteiger partial charge in [0.25, 0.3) is 5.91 Å². The van der Waals surface area contributed by atoms with E-state index in [1.165, 1.54) is 13.1 Å². The van der Waals surface area contributed by atoms with Crippen LogP contribution < -0.4 is 11.1 Å². The molecule has 0 heterocycles. The average molecular weight is 172 g/mol. The van der Waals surface area contributed by atoms with Crippen molar-refractivity contribution >= 4 is 11.9 Å². The van der Waals surface area contributed by atoms with Crippen molar-refractivity contribution in [1.82, 2.24) is 5.32 Å². The molecule has 0 aliphatic heterocycles. The number of nitrogens with two attached hydrogens (primary N) is 1. The van der Waals surface area contributed by atoms with Gasteiger partial charge in [0.05, 0.1) is 0 Å². The number of carbonyl (C=O) groups excluding carboxylic acids is 1. The Kier molecular flexibility index (Phi) is 3.43. The van der Waals surface area contributed by atoms with E-state index < -0.39 is 17.4 Å². The largest absolute Gasteiger partial charge is 0.479 e. The van der Waals surface area contributed by atoms with E-state index in [-0.39, 0.29) is 6.42 Å². The van der Waals surface area contributed by atoms with Gasteiger partial charge in [-0.05, 0) is 0 Å². The van der Waals surface area contributed by atoms with Crippen LogP contribution in [-0.2, 0) is 9.59 Å². The highest BCUT2D eigenvalue weighted by molar-refractivity contribution is 6.06. The van der Waals surface area contributed by atoms with Gasteiger partial charge in [0.1, 0.15) is 0 Å². The summed E-state index contributed by atoms with van der Waals surface area (Å²) in [6, 6.07) is 0. The highest BCUT2D eigenvalue weighted by Gasteiger charge is 2.40. The van der Waals surface area contributed by atoms with Crippen molar-refractivity contribution in [3.63, 3.8) is 0 Å². The molecule has 0 radical (unpaired) electrons. The quantitative estimate of drug-likeness (QED) is 0.378. The van der Waals surface area contributed by atoms with Gasteiger partial charge in [0.15, 0.2) is 5.54 Å². The molecule has 0 spiro atoms. The maximum atomic E-state index is 11.0. The highest BCUT2D eigenvalue weighted by Crippen LogP contribution is 2.07. The van der Waals surface area contributed by atoms with E-state index in [1.807, 2.05) is 0 Å². The first-order valence-corrected chi connectivity index (χ1v) is 3.34. The standard InChI is InChI=1S/C7H12N2O3/c1-3-4-7(8,6(11)12)5(10)9-2/h3H,1,4,8H2,2H3,(H,9,10)(H,11,12). The molecule has 0 aromatic rings. The molecule has 0 aliphatic rings. The molecule has 5 heteroatoms. The summed E-state index contributed by atoms with van der Waals surface area (Å²) in [4.78, 5) is 21.6. The fraction of sp³-hybridized carbons (Fsp3) is 0.429. The van der Waals surface area contributed by atoms with Crippen LogP contribution in [0, 0.1) is 0 Å². The number of hydrogen-bond donors (Lipinski definition) is 3. The Labute approximate surface area is 70.2 Å². The first-order chi connectivity index (χ1) is 5.49. The predicted molar refractivity (Wildman–Crippen MR) is 43.4 cm³/mol. The van der Waals surface area contributed by atoms with Crippen molar-refractivity contribution in [3.8, 4) is 0 Å². The predicted octanol–water partition coefficient (Wildman–Crippen LogP) is -0.909. The van der Waals surface area contributed by atoms with Crippen molar-refractivity contribution in [3.05, 3.63) is 12.7 Å². The van der Waals surface area contributed by atoms with E-state index in [0.29, 0.717) is 0 Å². The molecule has 4 N–H and O–H groups in total. The Hall–Kier alpha value is -1.36. The second-order valence-electron chi connectivity index (χ2n) is 2.35. The zero-order chi connectivity index (χ0) is 9.78. The fourth-order valence-electron chi connectivity index (χ4n) is 0.728. The molecule has 12 heavy (non-hydrogen) atoms. The van der Waals surface area contributed by atoms with E-state index in [2.05, 4.69) is 11.9 Å². The lowest BCUT2D eigenvalue weighted by Gasteiger charge is -2.20. The third kappa shape index (κ3) is 1.82. The van der Waals surface area contributed by atoms with Crippen LogP contribution in [-0.4, -0.2) is 29.6 Å². The van der Waals surface area contributed by atoms with Crippen LogP contribution in [0.3, 0.4) is 0 Å². The minimum absolute atomic E-state index is 0.0952. The molecule has 0 saturated carbocycles. The van der Waals surface area contributed by atoms with Gasteiger partial charge in [-0.3, -0.25) is 4.79 Å². The number of amides is 1. The molecular formula is C7H12N2O3. The van der Waals surface area contributed by atoms with E-state index in [0.717, 1.165) is 0 Å². The first kappa shape index (κ1) is 10.6. The first-order valence-electron chi connectivity index (χ1n) is 3.34. The molecule has 0 bridgehead atoms. The van der Waals surface area contributed by atoms with Crippen LogP contribution >= 0.6 is 0 Å². The lowest BCUT2D eigenvalue weighted by molar-refractivity contribution is -0.148. The van der Waals surface area contributed by atoms with Gasteiger partial charge in [-0.2, -0.15) is 0 Å². The van der Waals surface area contributed by atoms with Crippen LogP contribution in [0.4, 0.5) is 0 Å². The van der Waals surface area contributed by atoms with Gasteiger partial charge in [0.2, 0.25) is 0 Å². The zero-order valence-electron chi connectivity index (χ0n) is 6.83. The van der Waals surface area contributed by atoms with Crippen LogP contribution in [0.2, 0.25) is 0 Å². The van der Waals surface area contributed by atoms with Crippen molar-refractivity contribution in [2.75, 3.05) is 7.05 Å². The smallest absolute Gasteiger partial charge is 0.333 e. The second kappa shape index (κ2) is 3.87. The summed E-state index contributed by atoms with van der Waals surface area (Å²) in [6.07, 6.45) is 1.20. The van der Waals surface area contributed by atoms with Crippen LogP contribution in [0.15, 0.2) is 12.7 Å². The number of hydrogen-bond acceptors (Lipinski definition) is 3. The van der Waals surface area contributed by atoms with Crippen LogP contribution in [0.1, 0.15) is 6.42 Å². The summed E-state index contributed by atoms with van der Waals surface area (Å²) < 4.78 is 0. The number of likely N-dealkylation sites (N-methyl/N-ethyl adjacent to an activating group) is 1. The van der Waals surface area contributed by atoms with Gasteiger partial charge in [-0.15, -0.1) is 6.58 Å². The lowest BCUT2D eigenvalue weighted by atomic mass is 9.96. The van der Waals surface area contributed by atoms with Gasteiger partial charge in [-0.1, -0.05) is 6.08 Å². The number of carboxylic acids is 1. The SMILES string of the molecule is C=CCC(N)(C(=O)O)C(=O)NC. The van der Waals surface area contributed by atoms with Crippen LogP contribution in [0.5, 0.6) is 0 Å². The van der Waals surface area contributed by atoms with Gasteiger partial charge >= 0.3 is 5.97 Å². The molecule has 68 valence electrons. The van der Waals surface area contributed by atoms with E-state index in [4.69, 9.17) is 10.8 Å². The Bertz CT molecular complexity index is 215. The average Bonchev–Trinajstić information content (AvgIpc) is 2.03. The molecule has 5 nitrogen and oxygen atoms in total. The molecule has 0 aliphatic carbocycles. The van der Waals surface area contributed by atoms with E-state index >= 15 is 0 Å². The Balaban J connectivity index is 4.72. The zero-order valence-corrected chi connectivity index (χ0v) is 6.83. The highest BCUT2D eigenvalue weighted by atomic mass is 16.4. The molecule has 1 amide bonds. The molecule has 1 atom stereocenters. The normalized spacial score (nSPS) is 14.5. The van der Waals surface area contributed by atoms with Crippen LogP contribution in [0.25, 0.3) is 0 Å². The second-order valence-corrected chi connectivity index (χ2v) is 2.35. The van der Waals surface area contributed by atoms with E-state index in [1.54, 1.807) is 0 Å². The van der Waals surface area contributed by atoms with Crippen molar-refractivity contribution in [1.29, 1.82) is 0 Å². The molecule has 0 rings (SSSR count). The molecule has 0 fully saturated rings. The number of nitrogens with one attached hydrogen (secondary N) is 1. The summed E-state index contributed by atoms with van der Waals surface area (Å²) in [5.41, 5.74) is 3.43. The third-order valence-corrected chi connectivity index (χ3v) is 1.48. The molecule has 0 saturated heterocycles. The maximum Gasteiger partial charge on any atom is 0.333 e. The summed E-state index contributed by atoms with van der Waals surface area (Å²) in [5, 5.41) is 10.8. The maximum absolute atomic E-state index is 11.0. The van der Waals surface area contributed by atoms with Gasteiger partial charge < -0.3 is 16.2 Å². The van der Waals surface area contributed by atoms with Crippen molar-refractivity contribution in [2.24, 2.45) is 5.73 Å². The van der Waals surface area contributed by atoms with Gasteiger partial charge in [-0.25, -0.2) is 4.79 Å². The Morgan fingerprint density at radius 2 is 2.25 bits per heavy atom. The number of aliphatic carboxylic acids is 1. The van der Waals surface area contributed by atoms with Gasteiger partial charge in [0, 0.05) is 13.5 Å². The number of carboxylic acid groups (broad SMARTS) is 1. The Morgan fingerprint density at radius 1 is 1.75 bits per heavy atom. The Morgan fingerprint density at radius 3 is 2.50 bits per heavy atom.